The highest BCUT2D eigenvalue weighted by molar-refractivity contribution is 6.10. The largest absolute Gasteiger partial charge is 0.416 e. The van der Waals surface area contributed by atoms with Crippen molar-refractivity contribution < 1.29 is 37.7 Å². The number of methoxy groups -OCH3 is 1. The molecule has 0 radical (unpaired) electrons. The van der Waals surface area contributed by atoms with Gasteiger partial charge >= 0.3 is 12.2 Å². The molecule has 286 valence electrons. The van der Waals surface area contributed by atoms with Crippen molar-refractivity contribution in [3.05, 3.63) is 95.1 Å². The molecule has 53 heavy (non-hydrogen) atoms. The van der Waals surface area contributed by atoms with E-state index in [1.807, 2.05) is 43.3 Å². The van der Waals surface area contributed by atoms with Gasteiger partial charge in [0.2, 0.25) is 0 Å². The minimum absolute atomic E-state index is 0.0105. The first-order chi connectivity index (χ1) is 25.0. The Bertz CT molecular complexity index is 1800. The number of Topliss-reactive ketones (excluding diaryl/α,β-unsaturated/α-hetero) is 1. The van der Waals surface area contributed by atoms with E-state index in [4.69, 9.17) is 4.74 Å². The number of fused-ring (bicyclic) bond motifs is 1. The van der Waals surface area contributed by atoms with Gasteiger partial charge in [0.25, 0.3) is 0 Å². The van der Waals surface area contributed by atoms with Gasteiger partial charge in [0, 0.05) is 47.6 Å². The van der Waals surface area contributed by atoms with Crippen molar-refractivity contribution in [3.8, 4) is 0 Å². The maximum absolute atomic E-state index is 14.8. The van der Waals surface area contributed by atoms with Crippen LogP contribution in [-0.2, 0) is 10.9 Å². The Morgan fingerprint density at radius 2 is 1.68 bits per heavy atom. The van der Waals surface area contributed by atoms with E-state index >= 15 is 0 Å². The van der Waals surface area contributed by atoms with Crippen molar-refractivity contribution in [2.24, 2.45) is 33.5 Å². The third kappa shape index (κ3) is 5.89. The molecule has 3 saturated carbocycles. The number of carbonyl (C=O) groups excluding carboxylic acids is 2. The molecule has 7 nitrogen and oxygen atoms in total. The summed E-state index contributed by atoms with van der Waals surface area (Å²) < 4.78 is 47.0. The Balaban J connectivity index is 1.27. The first kappa shape index (κ1) is 37.8. The van der Waals surface area contributed by atoms with Gasteiger partial charge in [0.15, 0.2) is 5.78 Å². The third-order valence-electron chi connectivity index (χ3n) is 14.6. The topological polar surface area (TPSA) is 99.1 Å². The third-order valence-corrected chi connectivity index (χ3v) is 14.6. The maximum atomic E-state index is 14.8. The first-order valence-electron chi connectivity index (χ1n) is 19.2. The number of benzene rings is 2. The number of amides is 2. The van der Waals surface area contributed by atoms with Crippen LogP contribution in [0, 0.1) is 33.5 Å². The summed E-state index contributed by atoms with van der Waals surface area (Å²) in [6.07, 6.45) is 5.96. The first-order valence-corrected chi connectivity index (χ1v) is 19.2. The number of urea groups is 1. The smallest absolute Gasteiger partial charge is 0.393 e. The number of ether oxygens (including phenoxy) is 1. The number of carbonyl (C=O) groups is 2. The predicted octanol–water partition coefficient (Wildman–Crippen LogP) is 8.29. The molecule has 10 heteroatoms. The Labute approximate surface area is 310 Å². The monoisotopic (exact) mass is 734 g/mol. The lowest BCUT2D eigenvalue weighted by Gasteiger charge is -2.71. The minimum atomic E-state index is -4.60. The Morgan fingerprint density at radius 1 is 0.981 bits per heavy atom. The lowest BCUT2D eigenvalue weighted by Crippen LogP contribution is -2.67. The average Bonchev–Trinajstić information content (AvgIpc) is 3.40. The minimum Gasteiger partial charge on any atom is -0.393 e. The molecule has 2 aromatic rings. The van der Waals surface area contributed by atoms with E-state index in [2.05, 4.69) is 31.3 Å². The molecule has 9 unspecified atom stereocenters. The molecule has 2 spiro atoms. The number of halogens is 3. The molecule has 3 N–H and O–H groups in total. The van der Waals surface area contributed by atoms with Gasteiger partial charge < -0.3 is 25.2 Å². The van der Waals surface area contributed by atoms with Crippen LogP contribution in [0.5, 0.6) is 0 Å². The number of nitrogens with one attached hydrogen (secondary N) is 1. The number of ketones is 1. The van der Waals surface area contributed by atoms with Gasteiger partial charge in [0.05, 0.1) is 29.9 Å². The average molecular weight is 735 g/mol. The van der Waals surface area contributed by atoms with Crippen LogP contribution < -0.4 is 5.32 Å². The van der Waals surface area contributed by atoms with E-state index in [-0.39, 0.29) is 41.4 Å². The number of nitrogens with zero attached hydrogens (tertiary/aromatic N) is 1. The number of hydrogen-bond donors (Lipinski definition) is 3. The van der Waals surface area contributed by atoms with Gasteiger partial charge in [0.1, 0.15) is 0 Å². The van der Waals surface area contributed by atoms with E-state index < -0.39 is 45.5 Å². The lowest BCUT2D eigenvalue weighted by molar-refractivity contribution is -0.174. The zero-order chi connectivity index (χ0) is 38.0. The molecule has 6 aliphatic carbocycles. The standard InChI is InChI=1S/C43H53F3N2O5/c1-28(29-10-6-5-7-11-29)47-37(51)48(22-9-23-53-4)27-41(52)19-16-35-39(41,3)18-15-34-38(2)17-14-32(49)25-40(38)20-21-42(34,35)33(26-40)36(50)30-12-8-13-31(24-30)43(44,45)46/h5-8,10-13,20-21,24,26,28,32,34-35,49,52H,9,14-19,22-23,25,27H2,1-4H3,(H,47,51). The number of allylic oxidation sites excluding steroid dienone is 4. The summed E-state index contributed by atoms with van der Waals surface area (Å²) in [5.41, 5.74) is -3.20. The van der Waals surface area contributed by atoms with Gasteiger partial charge in [-0.25, -0.2) is 4.79 Å². The summed E-state index contributed by atoms with van der Waals surface area (Å²) in [6.45, 7) is 7.21. The van der Waals surface area contributed by atoms with Gasteiger partial charge in [-0.2, -0.15) is 13.2 Å². The molecule has 8 rings (SSSR count). The van der Waals surface area contributed by atoms with Crippen LogP contribution >= 0.6 is 0 Å². The molecule has 3 fully saturated rings. The molecular formula is C43H53F3N2O5. The van der Waals surface area contributed by atoms with Crippen LogP contribution in [0.4, 0.5) is 18.0 Å². The number of hydrogen-bond acceptors (Lipinski definition) is 5. The molecule has 2 amide bonds. The Hall–Kier alpha value is -3.47. The van der Waals surface area contributed by atoms with Crippen LogP contribution in [0.3, 0.4) is 0 Å². The molecule has 0 saturated heterocycles. The summed E-state index contributed by atoms with van der Waals surface area (Å²) in [6, 6.07) is 13.9. The SMILES string of the molecule is COCCCN(CC1(O)CCC2C34C=CC5(C=C3C(=O)c3cccc(C(F)(F)F)c3)CC(O)CCC5(C)C4CCC21C)C(=O)NC(C)c1ccccc1. The van der Waals surface area contributed by atoms with Crippen molar-refractivity contribution in [2.75, 3.05) is 26.8 Å². The summed E-state index contributed by atoms with van der Waals surface area (Å²) in [4.78, 5) is 30.5. The fraction of sp³-hybridized carbons (Fsp3) is 0.581. The van der Waals surface area contributed by atoms with Crippen LogP contribution in [0.15, 0.2) is 78.4 Å². The normalized spacial score (nSPS) is 36.2. The van der Waals surface area contributed by atoms with Crippen molar-refractivity contribution in [1.82, 2.24) is 10.2 Å². The zero-order valence-corrected chi connectivity index (χ0v) is 31.2. The van der Waals surface area contributed by atoms with Gasteiger partial charge in [-0.1, -0.05) is 74.5 Å². The van der Waals surface area contributed by atoms with E-state index in [0.29, 0.717) is 63.7 Å². The van der Waals surface area contributed by atoms with Crippen molar-refractivity contribution in [2.45, 2.75) is 96.1 Å². The predicted molar refractivity (Wildman–Crippen MR) is 196 cm³/mol. The van der Waals surface area contributed by atoms with Crippen molar-refractivity contribution in [3.63, 3.8) is 0 Å². The van der Waals surface area contributed by atoms with Crippen molar-refractivity contribution >= 4 is 11.8 Å². The summed E-state index contributed by atoms with van der Waals surface area (Å²) in [5.74, 6) is -0.664. The highest BCUT2D eigenvalue weighted by Crippen LogP contribution is 2.78. The molecule has 0 aliphatic heterocycles. The Morgan fingerprint density at radius 3 is 2.40 bits per heavy atom. The van der Waals surface area contributed by atoms with E-state index in [0.717, 1.165) is 24.1 Å². The summed E-state index contributed by atoms with van der Waals surface area (Å²) in [5, 5.41) is 27.0. The van der Waals surface area contributed by atoms with E-state index in [1.165, 1.54) is 12.1 Å². The molecule has 6 aliphatic rings. The number of alkyl halides is 3. The van der Waals surface area contributed by atoms with Gasteiger partial charge in [-0.05, 0) is 93.2 Å². The summed E-state index contributed by atoms with van der Waals surface area (Å²) in [7, 11) is 1.62. The molecular weight excluding hydrogens is 681 g/mol. The highest BCUT2D eigenvalue weighted by Gasteiger charge is 2.74. The lowest BCUT2D eigenvalue weighted by atomic mass is 9.32. The maximum Gasteiger partial charge on any atom is 0.416 e. The van der Waals surface area contributed by atoms with Gasteiger partial charge in [-0.15, -0.1) is 0 Å². The van der Waals surface area contributed by atoms with Crippen LogP contribution in [0.2, 0.25) is 0 Å². The fourth-order valence-electron chi connectivity index (χ4n) is 11.7. The summed E-state index contributed by atoms with van der Waals surface area (Å²) >= 11 is 0. The second-order valence-electron chi connectivity index (χ2n) is 17.1. The van der Waals surface area contributed by atoms with E-state index in [1.54, 1.807) is 12.0 Å². The van der Waals surface area contributed by atoms with Crippen LogP contribution in [-0.4, -0.2) is 65.4 Å². The molecule has 2 aromatic carbocycles. The molecule has 0 heterocycles. The quantitative estimate of drug-likeness (QED) is 0.130. The number of aliphatic hydroxyl groups excluding tert-OH is 1. The van der Waals surface area contributed by atoms with Crippen LogP contribution in [0.1, 0.15) is 99.7 Å². The molecule has 0 aromatic heterocycles. The second-order valence-corrected chi connectivity index (χ2v) is 17.1. The van der Waals surface area contributed by atoms with Crippen molar-refractivity contribution in [1.29, 1.82) is 0 Å². The highest BCUT2D eigenvalue weighted by atomic mass is 19.4. The number of rotatable bonds is 10. The van der Waals surface area contributed by atoms with E-state index in [9.17, 15) is 33.0 Å². The van der Waals surface area contributed by atoms with Gasteiger partial charge in [-0.3, -0.25) is 4.79 Å². The second kappa shape index (κ2) is 13.4. The van der Waals surface area contributed by atoms with Crippen LogP contribution in [0.25, 0.3) is 0 Å². The molecule has 2 bridgehead atoms. The molecule has 9 atom stereocenters. The fourth-order valence-corrected chi connectivity index (χ4v) is 11.7. The zero-order valence-electron chi connectivity index (χ0n) is 31.2. The Kier molecular flexibility index (Phi) is 9.55. The number of aliphatic hydroxyl groups is 2.